The van der Waals surface area contributed by atoms with Crippen LogP contribution in [0.25, 0.3) is 11.0 Å². The monoisotopic (exact) mass is 266 g/mol. The molecule has 2 aromatic rings. The molecule has 6 heteroatoms. The van der Waals surface area contributed by atoms with Crippen LogP contribution >= 0.6 is 0 Å². The number of hydrogen-bond acceptors (Lipinski definition) is 5. The van der Waals surface area contributed by atoms with Gasteiger partial charge in [-0.25, -0.2) is 4.68 Å². The number of para-hydroxylation sites is 1. The highest BCUT2D eigenvalue weighted by Gasteiger charge is 2.08. The van der Waals surface area contributed by atoms with Crippen molar-refractivity contribution >= 4 is 11.0 Å². The molecule has 1 aromatic heterocycles. The first kappa shape index (κ1) is 15.6. The summed E-state index contributed by atoms with van der Waals surface area (Å²) in [5.74, 6) is 0. The van der Waals surface area contributed by atoms with Gasteiger partial charge in [0, 0.05) is 13.1 Å². The van der Waals surface area contributed by atoms with Crippen LogP contribution in [0.2, 0.25) is 0 Å². The average Bonchev–Trinajstić information content (AvgIpc) is 2.85. The second-order valence-corrected chi connectivity index (χ2v) is 3.78. The van der Waals surface area contributed by atoms with E-state index in [1.165, 1.54) is 0 Å². The number of rotatable bonds is 6. The van der Waals surface area contributed by atoms with E-state index >= 15 is 0 Å². The number of aliphatic hydroxyl groups is 2. The molecule has 0 unspecified atom stereocenters. The molecule has 106 valence electrons. The van der Waals surface area contributed by atoms with Crippen LogP contribution in [0.1, 0.15) is 13.8 Å². The maximum Gasteiger partial charge on any atom is 0.113 e. The Morgan fingerprint density at radius 2 is 1.74 bits per heavy atom. The van der Waals surface area contributed by atoms with E-state index in [2.05, 4.69) is 10.3 Å². The molecule has 19 heavy (non-hydrogen) atoms. The number of aromatic nitrogens is 3. The van der Waals surface area contributed by atoms with E-state index < -0.39 is 0 Å². The van der Waals surface area contributed by atoms with E-state index in [1.807, 2.05) is 43.0 Å². The zero-order valence-electron chi connectivity index (χ0n) is 11.5. The van der Waals surface area contributed by atoms with E-state index in [0.717, 1.165) is 11.0 Å². The van der Waals surface area contributed by atoms with Crippen molar-refractivity contribution in [1.82, 2.24) is 19.9 Å². The van der Waals surface area contributed by atoms with Crippen molar-refractivity contribution in [2.45, 2.75) is 20.5 Å². The van der Waals surface area contributed by atoms with Gasteiger partial charge in [0.15, 0.2) is 0 Å². The van der Waals surface area contributed by atoms with Gasteiger partial charge in [0.05, 0.1) is 25.4 Å². The standard InChI is InChI=1S/C11H16N4O2.C2H6/c16-7-5-14(6-8-17)9-15-11-4-2-1-3-10(11)12-13-15;1-2/h1-4,16-17H,5-9H2;1-2H3. The van der Waals surface area contributed by atoms with E-state index in [0.29, 0.717) is 19.8 Å². The first-order valence-electron chi connectivity index (χ1n) is 6.57. The Morgan fingerprint density at radius 3 is 2.37 bits per heavy atom. The molecule has 0 fully saturated rings. The molecule has 1 heterocycles. The van der Waals surface area contributed by atoms with Crippen molar-refractivity contribution in [2.75, 3.05) is 26.3 Å². The predicted octanol–water partition coefficient (Wildman–Crippen LogP) is 0.702. The van der Waals surface area contributed by atoms with Gasteiger partial charge in [0.1, 0.15) is 5.52 Å². The fourth-order valence-corrected chi connectivity index (χ4v) is 1.75. The zero-order valence-corrected chi connectivity index (χ0v) is 11.5. The van der Waals surface area contributed by atoms with Crippen molar-refractivity contribution in [1.29, 1.82) is 0 Å². The Kier molecular flexibility index (Phi) is 7.02. The lowest BCUT2D eigenvalue weighted by Gasteiger charge is -2.19. The lowest BCUT2D eigenvalue weighted by molar-refractivity contribution is 0.130. The van der Waals surface area contributed by atoms with Crippen LogP contribution in [0.15, 0.2) is 24.3 Å². The molecule has 2 N–H and O–H groups in total. The SMILES string of the molecule is CC.OCCN(CCO)Cn1nnc2ccccc21. The molecule has 0 aliphatic carbocycles. The van der Waals surface area contributed by atoms with Gasteiger partial charge in [0.25, 0.3) is 0 Å². The number of benzene rings is 1. The summed E-state index contributed by atoms with van der Waals surface area (Å²) in [7, 11) is 0. The molecular weight excluding hydrogens is 244 g/mol. The van der Waals surface area contributed by atoms with E-state index in [1.54, 1.807) is 4.68 Å². The predicted molar refractivity (Wildman–Crippen MR) is 74.6 cm³/mol. The molecule has 0 radical (unpaired) electrons. The third-order valence-corrected chi connectivity index (χ3v) is 2.59. The van der Waals surface area contributed by atoms with Crippen molar-refractivity contribution in [3.05, 3.63) is 24.3 Å². The molecule has 0 spiro atoms. The lowest BCUT2D eigenvalue weighted by atomic mass is 10.3. The van der Waals surface area contributed by atoms with Crippen LogP contribution in [0.5, 0.6) is 0 Å². The van der Waals surface area contributed by atoms with Crippen molar-refractivity contribution in [3.63, 3.8) is 0 Å². The molecule has 0 aliphatic heterocycles. The van der Waals surface area contributed by atoms with Crippen LogP contribution in [-0.4, -0.2) is 56.4 Å². The molecule has 0 atom stereocenters. The summed E-state index contributed by atoms with van der Waals surface area (Å²) in [5.41, 5.74) is 1.80. The molecule has 0 aliphatic rings. The molecular formula is C13H22N4O2. The van der Waals surface area contributed by atoms with Gasteiger partial charge < -0.3 is 10.2 Å². The smallest absolute Gasteiger partial charge is 0.113 e. The topological polar surface area (TPSA) is 74.4 Å². The fraction of sp³-hybridized carbons (Fsp3) is 0.538. The highest BCUT2D eigenvalue weighted by atomic mass is 16.3. The van der Waals surface area contributed by atoms with Crippen LogP contribution < -0.4 is 0 Å². The maximum atomic E-state index is 8.94. The second kappa shape index (κ2) is 8.58. The molecule has 0 amide bonds. The largest absolute Gasteiger partial charge is 0.395 e. The minimum Gasteiger partial charge on any atom is -0.395 e. The Labute approximate surface area is 113 Å². The average molecular weight is 266 g/mol. The van der Waals surface area contributed by atoms with Gasteiger partial charge in [0.2, 0.25) is 0 Å². The summed E-state index contributed by atoms with van der Waals surface area (Å²) >= 11 is 0. The number of nitrogens with zero attached hydrogens (tertiary/aromatic N) is 4. The minimum atomic E-state index is 0.0621. The number of hydrogen-bond donors (Lipinski definition) is 2. The molecule has 0 bridgehead atoms. The summed E-state index contributed by atoms with van der Waals surface area (Å²) in [6.07, 6.45) is 0. The first-order chi connectivity index (χ1) is 9.35. The van der Waals surface area contributed by atoms with Gasteiger partial charge in [-0.15, -0.1) is 5.10 Å². The third kappa shape index (κ3) is 4.27. The first-order valence-corrected chi connectivity index (χ1v) is 6.57. The van der Waals surface area contributed by atoms with E-state index in [4.69, 9.17) is 10.2 Å². The van der Waals surface area contributed by atoms with Crippen molar-refractivity contribution in [3.8, 4) is 0 Å². The van der Waals surface area contributed by atoms with Crippen LogP contribution in [0.4, 0.5) is 0 Å². The number of aliphatic hydroxyl groups excluding tert-OH is 2. The summed E-state index contributed by atoms with van der Waals surface area (Å²) in [6, 6.07) is 7.71. The molecule has 0 saturated carbocycles. The van der Waals surface area contributed by atoms with Gasteiger partial charge in [-0.05, 0) is 12.1 Å². The second-order valence-electron chi connectivity index (χ2n) is 3.78. The van der Waals surface area contributed by atoms with Crippen LogP contribution in [-0.2, 0) is 6.67 Å². The molecule has 0 saturated heterocycles. The molecule has 2 rings (SSSR count). The number of fused-ring (bicyclic) bond motifs is 1. The Morgan fingerprint density at radius 1 is 1.11 bits per heavy atom. The highest BCUT2D eigenvalue weighted by molar-refractivity contribution is 5.73. The van der Waals surface area contributed by atoms with Gasteiger partial charge in [-0.1, -0.05) is 31.2 Å². The Balaban J connectivity index is 0.000000861. The van der Waals surface area contributed by atoms with E-state index in [9.17, 15) is 0 Å². The lowest BCUT2D eigenvalue weighted by Crippen LogP contribution is -2.32. The molecule has 1 aromatic carbocycles. The summed E-state index contributed by atoms with van der Waals surface area (Å²) < 4.78 is 1.76. The quantitative estimate of drug-likeness (QED) is 0.805. The van der Waals surface area contributed by atoms with Crippen molar-refractivity contribution in [2.24, 2.45) is 0 Å². The minimum absolute atomic E-state index is 0.0621. The van der Waals surface area contributed by atoms with Crippen molar-refractivity contribution < 1.29 is 10.2 Å². The fourth-order valence-electron chi connectivity index (χ4n) is 1.75. The van der Waals surface area contributed by atoms with Gasteiger partial charge >= 0.3 is 0 Å². The third-order valence-electron chi connectivity index (χ3n) is 2.59. The van der Waals surface area contributed by atoms with Crippen LogP contribution in [0.3, 0.4) is 0 Å². The summed E-state index contributed by atoms with van der Waals surface area (Å²) in [6.45, 7) is 5.66. The zero-order chi connectivity index (χ0) is 14.1. The van der Waals surface area contributed by atoms with Crippen LogP contribution in [0, 0.1) is 0 Å². The van der Waals surface area contributed by atoms with Gasteiger partial charge in [-0.3, -0.25) is 4.90 Å². The summed E-state index contributed by atoms with van der Waals surface area (Å²) in [4.78, 5) is 1.92. The summed E-state index contributed by atoms with van der Waals surface area (Å²) in [5, 5.41) is 26.0. The van der Waals surface area contributed by atoms with E-state index in [-0.39, 0.29) is 13.2 Å². The Bertz CT molecular complexity index is 466. The molecule has 6 nitrogen and oxygen atoms in total. The Hall–Kier alpha value is -1.50. The maximum absolute atomic E-state index is 8.94. The normalized spacial score (nSPS) is 10.6. The highest BCUT2D eigenvalue weighted by Crippen LogP contribution is 2.10. The van der Waals surface area contributed by atoms with Gasteiger partial charge in [-0.2, -0.15) is 0 Å².